The van der Waals surface area contributed by atoms with Gasteiger partial charge in [0.25, 0.3) is 0 Å². The van der Waals surface area contributed by atoms with Gasteiger partial charge in [0.1, 0.15) is 6.10 Å². The van der Waals surface area contributed by atoms with Gasteiger partial charge in [-0.25, -0.2) is 0 Å². The van der Waals surface area contributed by atoms with Crippen molar-refractivity contribution in [2.75, 3.05) is 6.61 Å². The third kappa shape index (κ3) is 8.27. The Kier molecular flexibility index (Phi) is 9.23. The van der Waals surface area contributed by atoms with Crippen LogP contribution in [0.4, 0.5) is 0 Å². The summed E-state index contributed by atoms with van der Waals surface area (Å²) >= 11 is 0. The van der Waals surface area contributed by atoms with Crippen LogP contribution in [0.25, 0.3) is 0 Å². The van der Waals surface area contributed by atoms with Crippen molar-refractivity contribution in [3.63, 3.8) is 0 Å². The van der Waals surface area contributed by atoms with Gasteiger partial charge in [-0.05, 0) is 22.8 Å². The zero-order valence-corrected chi connectivity index (χ0v) is 20.3. The highest BCUT2D eigenvalue weighted by atomic mass is 32.3. The molecule has 1 aliphatic rings. The second-order valence-corrected chi connectivity index (χ2v) is 9.16. The van der Waals surface area contributed by atoms with Crippen molar-refractivity contribution in [3.05, 3.63) is 120 Å². The van der Waals surface area contributed by atoms with Crippen LogP contribution >= 0.6 is 0 Å². The lowest BCUT2D eigenvalue weighted by Crippen LogP contribution is -2.44. The van der Waals surface area contributed by atoms with E-state index in [1.54, 1.807) is 0 Å². The molecule has 1 heterocycles. The topological polar surface area (TPSA) is 101 Å². The minimum atomic E-state index is -4.82. The van der Waals surface area contributed by atoms with Gasteiger partial charge in [-0.2, -0.15) is 8.42 Å². The number of benzene rings is 3. The van der Waals surface area contributed by atoms with E-state index >= 15 is 0 Å². The molecule has 0 saturated carbocycles. The number of hydrogen-bond donors (Lipinski definition) is 1. The summed E-state index contributed by atoms with van der Waals surface area (Å²) in [5.41, 5.74) is 2.73. The van der Waals surface area contributed by atoms with Gasteiger partial charge in [-0.3, -0.25) is 4.55 Å². The highest BCUT2D eigenvalue weighted by molar-refractivity contribution is 7.81. The average molecular weight is 513 g/mol. The highest BCUT2D eigenvalue weighted by Gasteiger charge is 2.38. The van der Waals surface area contributed by atoms with E-state index in [0.29, 0.717) is 6.61 Å². The molecule has 0 aromatic heterocycles. The summed E-state index contributed by atoms with van der Waals surface area (Å²) in [5, 5.41) is 0. The Hall–Kier alpha value is -3.05. The van der Waals surface area contributed by atoms with E-state index < -0.39 is 28.9 Å². The molecule has 3 atom stereocenters. The summed E-state index contributed by atoms with van der Waals surface area (Å²) in [5.74, 6) is -0.133. The van der Waals surface area contributed by atoms with Crippen molar-refractivity contribution in [1.82, 2.24) is 0 Å². The first kappa shape index (κ1) is 26.0. The molecule has 3 aromatic carbocycles. The lowest BCUT2D eigenvalue weighted by molar-refractivity contribution is -0.238. The minimum absolute atomic E-state index is 0.101. The van der Waals surface area contributed by atoms with Gasteiger partial charge in [0.15, 0.2) is 18.2 Å². The summed E-state index contributed by atoms with van der Waals surface area (Å²) in [4.78, 5) is 0. The molecular formula is C27H28O8S. The first-order chi connectivity index (χ1) is 17.5. The fourth-order valence-corrected chi connectivity index (χ4v) is 4.04. The average Bonchev–Trinajstić information content (AvgIpc) is 2.88. The highest BCUT2D eigenvalue weighted by Crippen LogP contribution is 2.28. The molecule has 0 spiro atoms. The monoisotopic (exact) mass is 512 g/mol. The number of hydrogen-bond acceptors (Lipinski definition) is 7. The van der Waals surface area contributed by atoms with Crippen LogP contribution in [0.3, 0.4) is 0 Å². The molecule has 0 saturated heterocycles. The van der Waals surface area contributed by atoms with Crippen molar-refractivity contribution in [1.29, 1.82) is 0 Å². The molecule has 0 bridgehead atoms. The van der Waals surface area contributed by atoms with Crippen LogP contribution < -0.4 is 0 Å². The molecule has 0 fully saturated rings. The molecule has 8 nitrogen and oxygen atoms in total. The summed E-state index contributed by atoms with van der Waals surface area (Å²) in [6, 6.07) is 28.4. The summed E-state index contributed by atoms with van der Waals surface area (Å²) in [6.45, 7) is 0.769. The molecule has 9 heteroatoms. The Morgan fingerprint density at radius 3 is 1.75 bits per heavy atom. The van der Waals surface area contributed by atoms with Crippen molar-refractivity contribution >= 4 is 10.4 Å². The van der Waals surface area contributed by atoms with Crippen LogP contribution in [0.1, 0.15) is 16.7 Å². The third-order valence-corrected chi connectivity index (χ3v) is 5.71. The van der Waals surface area contributed by atoms with Crippen molar-refractivity contribution < 1.29 is 36.1 Å². The van der Waals surface area contributed by atoms with Gasteiger partial charge in [0, 0.05) is 0 Å². The lowest BCUT2D eigenvalue weighted by Gasteiger charge is -2.34. The fourth-order valence-electron chi connectivity index (χ4n) is 3.65. The van der Waals surface area contributed by atoms with Crippen molar-refractivity contribution in [3.8, 4) is 0 Å². The van der Waals surface area contributed by atoms with Gasteiger partial charge < -0.3 is 23.1 Å². The van der Waals surface area contributed by atoms with Crippen LogP contribution in [-0.2, 0) is 53.4 Å². The van der Waals surface area contributed by atoms with E-state index in [0.717, 1.165) is 16.7 Å². The van der Waals surface area contributed by atoms with Crippen LogP contribution in [0, 0.1) is 0 Å². The molecule has 4 rings (SSSR count). The Labute approximate surface area is 211 Å². The predicted octanol–water partition coefficient (Wildman–Crippen LogP) is 4.43. The largest absolute Gasteiger partial charge is 0.446 e. The molecule has 0 amide bonds. The Bertz CT molecular complexity index is 1200. The van der Waals surface area contributed by atoms with Crippen LogP contribution in [0.15, 0.2) is 103 Å². The molecule has 1 aliphatic heterocycles. The Morgan fingerprint density at radius 2 is 1.22 bits per heavy atom. The summed E-state index contributed by atoms with van der Waals surface area (Å²) in [7, 11) is -4.82. The van der Waals surface area contributed by atoms with E-state index in [9.17, 15) is 13.0 Å². The molecule has 0 aliphatic carbocycles. The maximum absolute atomic E-state index is 11.6. The smallest absolute Gasteiger partial charge is 0.374 e. The second kappa shape index (κ2) is 12.8. The maximum Gasteiger partial charge on any atom is 0.446 e. The zero-order valence-electron chi connectivity index (χ0n) is 19.5. The molecular weight excluding hydrogens is 484 g/mol. The zero-order chi connectivity index (χ0) is 25.2. The first-order valence-corrected chi connectivity index (χ1v) is 12.8. The number of rotatable bonds is 12. The molecule has 0 radical (unpaired) electrons. The maximum atomic E-state index is 11.6. The minimum Gasteiger partial charge on any atom is -0.374 e. The predicted molar refractivity (Wildman–Crippen MR) is 132 cm³/mol. The van der Waals surface area contributed by atoms with E-state index in [-0.39, 0.29) is 25.6 Å². The van der Waals surface area contributed by atoms with Gasteiger partial charge >= 0.3 is 10.4 Å². The van der Waals surface area contributed by atoms with E-state index in [1.807, 2.05) is 91.0 Å². The quantitative estimate of drug-likeness (QED) is 0.356. The van der Waals surface area contributed by atoms with Crippen LogP contribution in [-0.4, -0.2) is 38.1 Å². The standard InChI is InChI=1S/C27H28O8S/c28-36(29,30)35-25-16-24(20-31-17-21-10-4-1-5-11-21)34-27(33-19-23-14-8-3-9-15-23)26(25)32-18-22-12-6-2-7-13-22/h1-16,24,26-27H,17-20H2,(H,28,29,30)/t24-,26+,27+/m0/s1. The summed E-state index contributed by atoms with van der Waals surface area (Å²) in [6.07, 6.45) is -1.36. The molecule has 3 aromatic rings. The molecule has 190 valence electrons. The normalized spacial score (nSPS) is 20.0. The van der Waals surface area contributed by atoms with E-state index in [2.05, 4.69) is 0 Å². The van der Waals surface area contributed by atoms with Gasteiger partial charge in [0.2, 0.25) is 0 Å². The molecule has 1 N–H and O–H groups in total. The van der Waals surface area contributed by atoms with Gasteiger partial charge in [0.05, 0.1) is 26.4 Å². The fraction of sp³-hybridized carbons (Fsp3) is 0.259. The second-order valence-electron chi connectivity index (χ2n) is 8.14. The third-order valence-electron chi connectivity index (χ3n) is 5.31. The van der Waals surface area contributed by atoms with Gasteiger partial charge in [-0.15, -0.1) is 0 Å². The molecule has 0 unspecified atom stereocenters. The van der Waals surface area contributed by atoms with Crippen LogP contribution in [0.5, 0.6) is 0 Å². The van der Waals surface area contributed by atoms with Crippen LogP contribution in [0.2, 0.25) is 0 Å². The first-order valence-electron chi connectivity index (χ1n) is 11.4. The van der Waals surface area contributed by atoms with Gasteiger partial charge in [-0.1, -0.05) is 91.0 Å². The molecule has 36 heavy (non-hydrogen) atoms. The summed E-state index contributed by atoms with van der Waals surface area (Å²) < 4.78 is 61.5. The van der Waals surface area contributed by atoms with Crippen molar-refractivity contribution in [2.24, 2.45) is 0 Å². The Morgan fingerprint density at radius 1 is 0.722 bits per heavy atom. The Balaban J connectivity index is 1.52. The SMILES string of the molecule is O=S(=O)(O)OC1=C[C@@H](COCc2ccccc2)O[C@@H](OCc2ccccc2)[C@@H]1OCc1ccccc1. The van der Waals surface area contributed by atoms with E-state index in [4.69, 9.17) is 23.1 Å². The van der Waals surface area contributed by atoms with E-state index in [1.165, 1.54) is 6.08 Å². The van der Waals surface area contributed by atoms with Crippen molar-refractivity contribution in [2.45, 2.75) is 38.3 Å². The lowest BCUT2D eigenvalue weighted by atomic mass is 10.1. The number of ether oxygens (including phenoxy) is 4.